The summed E-state index contributed by atoms with van der Waals surface area (Å²) in [5.74, 6) is -0.927. The molecule has 0 aliphatic rings. The van der Waals surface area contributed by atoms with Gasteiger partial charge in [0.15, 0.2) is 6.29 Å². The Hall–Kier alpha value is -0.930. The van der Waals surface area contributed by atoms with Gasteiger partial charge >= 0.3 is 6.36 Å². The minimum absolute atomic E-state index is 0.149. The fraction of sp³-hybridized carbons (Fsp3) is 0.250. The number of hydrogen-bond acceptors (Lipinski definition) is 3. The minimum atomic E-state index is -4.97. The molecule has 0 bridgehead atoms. The molecule has 0 amide bonds. The van der Waals surface area contributed by atoms with Gasteiger partial charge in [-0.2, -0.15) is 0 Å². The average molecular weight is 349 g/mol. The summed E-state index contributed by atoms with van der Waals surface area (Å²) in [6.45, 7) is -1.16. The highest BCUT2D eigenvalue weighted by molar-refractivity contribution is 14.1. The van der Waals surface area contributed by atoms with Crippen LogP contribution in [0.25, 0.3) is 0 Å². The molecule has 1 rings (SSSR count). The van der Waals surface area contributed by atoms with Gasteiger partial charge in [-0.25, -0.2) is 9.37 Å². The van der Waals surface area contributed by atoms with Crippen molar-refractivity contribution >= 4 is 28.9 Å². The number of nitrogens with zero attached hydrogens (tertiary/aromatic N) is 1. The summed E-state index contributed by atoms with van der Waals surface area (Å²) >= 11 is 1.60. The Kier molecular flexibility index (Phi) is 4.05. The quantitative estimate of drug-likeness (QED) is 0.479. The largest absolute Gasteiger partial charge is 0.574 e. The van der Waals surface area contributed by atoms with Crippen molar-refractivity contribution in [2.45, 2.75) is 13.0 Å². The standard InChI is InChI=1S/C8H4F4INO2/c9-2-5-6(13)1-4(3-15)14-7(5)16-8(10,11)12/h1,3H,2H2. The molecule has 3 nitrogen and oxygen atoms in total. The molecule has 0 radical (unpaired) electrons. The Balaban J connectivity index is 3.23. The lowest BCUT2D eigenvalue weighted by atomic mass is 10.2. The van der Waals surface area contributed by atoms with E-state index >= 15 is 0 Å². The van der Waals surface area contributed by atoms with Crippen molar-refractivity contribution in [3.63, 3.8) is 0 Å². The first kappa shape index (κ1) is 13.1. The average Bonchev–Trinajstić information content (AvgIpc) is 2.14. The molecule has 0 aromatic carbocycles. The second-order valence-corrected chi connectivity index (χ2v) is 3.77. The van der Waals surface area contributed by atoms with E-state index < -0.39 is 18.9 Å². The molecule has 0 aliphatic carbocycles. The number of hydrogen-bond donors (Lipinski definition) is 0. The molecule has 0 saturated carbocycles. The maximum Gasteiger partial charge on any atom is 0.574 e. The van der Waals surface area contributed by atoms with E-state index in [9.17, 15) is 22.4 Å². The first-order chi connectivity index (χ1) is 7.37. The lowest BCUT2D eigenvalue weighted by Gasteiger charge is -2.12. The molecular formula is C8H4F4INO2. The number of aromatic nitrogens is 1. The molecule has 8 heteroatoms. The van der Waals surface area contributed by atoms with Crippen LogP contribution in [0.3, 0.4) is 0 Å². The fourth-order valence-corrected chi connectivity index (χ4v) is 1.61. The van der Waals surface area contributed by atoms with Crippen molar-refractivity contribution in [3.05, 3.63) is 20.9 Å². The van der Waals surface area contributed by atoms with Gasteiger partial charge in [0, 0.05) is 3.57 Å². The van der Waals surface area contributed by atoms with Crippen LogP contribution in [0.15, 0.2) is 6.07 Å². The van der Waals surface area contributed by atoms with E-state index in [1.807, 2.05) is 0 Å². The monoisotopic (exact) mass is 349 g/mol. The molecule has 1 aromatic rings. The van der Waals surface area contributed by atoms with Gasteiger partial charge in [-0.1, -0.05) is 0 Å². The third-order valence-corrected chi connectivity index (χ3v) is 2.48. The fourth-order valence-electron chi connectivity index (χ4n) is 0.912. The minimum Gasteiger partial charge on any atom is -0.387 e. The van der Waals surface area contributed by atoms with Crippen LogP contribution >= 0.6 is 22.6 Å². The van der Waals surface area contributed by atoms with Gasteiger partial charge in [0.05, 0.1) is 5.56 Å². The molecule has 88 valence electrons. The Morgan fingerprint density at radius 1 is 1.50 bits per heavy atom. The first-order valence-electron chi connectivity index (χ1n) is 3.83. The number of alkyl halides is 4. The highest BCUT2D eigenvalue weighted by Crippen LogP contribution is 2.28. The van der Waals surface area contributed by atoms with Gasteiger partial charge in [-0.3, -0.25) is 4.79 Å². The van der Waals surface area contributed by atoms with Crippen molar-refractivity contribution in [1.82, 2.24) is 4.98 Å². The van der Waals surface area contributed by atoms with Crippen molar-refractivity contribution in [1.29, 1.82) is 0 Å². The topological polar surface area (TPSA) is 39.2 Å². The predicted molar refractivity (Wildman–Crippen MR) is 53.8 cm³/mol. The third-order valence-electron chi connectivity index (χ3n) is 1.52. The maximum absolute atomic E-state index is 12.5. The van der Waals surface area contributed by atoms with Crippen LogP contribution in [0, 0.1) is 3.57 Å². The van der Waals surface area contributed by atoms with Crippen LogP contribution < -0.4 is 4.74 Å². The molecule has 0 saturated heterocycles. The summed E-state index contributed by atoms with van der Waals surface area (Å²) in [7, 11) is 0. The lowest BCUT2D eigenvalue weighted by Crippen LogP contribution is -2.19. The van der Waals surface area contributed by atoms with Gasteiger partial charge in [-0.15, -0.1) is 13.2 Å². The summed E-state index contributed by atoms with van der Waals surface area (Å²) in [4.78, 5) is 13.6. The predicted octanol–water partition coefficient (Wildman–Crippen LogP) is 2.87. The number of rotatable bonds is 3. The first-order valence-corrected chi connectivity index (χ1v) is 4.91. The van der Waals surface area contributed by atoms with E-state index in [-0.39, 0.29) is 21.1 Å². The third kappa shape index (κ3) is 3.29. The van der Waals surface area contributed by atoms with Crippen molar-refractivity contribution in [2.75, 3.05) is 0 Å². The number of carbonyl (C=O) groups is 1. The zero-order valence-corrected chi connectivity index (χ0v) is 9.67. The zero-order chi connectivity index (χ0) is 12.3. The van der Waals surface area contributed by atoms with Gasteiger partial charge in [0.1, 0.15) is 12.4 Å². The second kappa shape index (κ2) is 4.93. The summed E-state index contributed by atoms with van der Waals surface area (Å²) < 4.78 is 52.0. The van der Waals surface area contributed by atoms with Crippen LogP contribution in [-0.4, -0.2) is 17.6 Å². The molecule has 1 aromatic heterocycles. The Morgan fingerprint density at radius 3 is 2.56 bits per heavy atom. The summed E-state index contributed by atoms with van der Waals surface area (Å²) in [5, 5.41) is 0. The maximum atomic E-state index is 12.5. The molecular weight excluding hydrogens is 345 g/mol. The van der Waals surface area contributed by atoms with Crippen LogP contribution in [0.2, 0.25) is 0 Å². The number of pyridine rings is 1. The SMILES string of the molecule is O=Cc1cc(I)c(CF)c(OC(F)(F)F)n1. The summed E-state index contributed by atoms with van der Waals surface area (Å²) in [6, 6.07) is 1.17. The van der Waals surface area contributed by atoms with E-state index in [1.54, 1.807) is 22.6 Å². The van der Waals surface area contributed by atoms with Gasteiger partial charge < -0.3 is 4.74 Å². The van der Waals surface area contributed by atoms with Gasteiger partial charge in [0.2, 0.25) is 5.88 Å². The number of ether oxygens (including phenoxy) is 1. The molecule has 0 fully saturated rings. The number of halogens is 5. The van der Waals surface area contributed by atoms with Crippen molar-refractivity contribution in [3.8, 4) is 5.88 Å². The summed E-state index contributed by atoms with van der Waals surface area (Å²) in [5.41, 5.74) is -0.579. The van der Waals surface area contributed by atoms with Crippen LogP contribution in [0.1, 0.15) is 16.1 Å². The van der Waals surface area contributed by atoms with E-state index in [0.717, 1.165) is 0 Å². The molecule has 1 heterocycles. The molecule has 0 N–H and O–H groups in total. The smallest absolute Gasteiger partial charge is 0.387 e. The van der Waals surface area contributed by atoms with Crippen LogP contribution in [0.4, 0.5) is 17.6 Å². The van der Waals surface area contributed by atoms with Crippen LogP contribution in [-0.2, 0) is 6.67 Å². The van der Waals surface area contributed by atoms with E-state index in [0.29, 0.717) is 0 Å². The van der Waals surface area contributed by atoms with Crippen molar-refractivity contribution < 1.29 is 27.1 Å². The van der Waals surface area contributed by atoms with E-state index in [4.69, 9.17) is 0 Å². The van der Waals surface area contributed by atoms with Crippen LogP contribution in [0.5, 0.6) is 5.88 Å². The lowest BCUT2D eigenvalue weighted by molar-refractivity contribution is -0.276. The Bertz CT molecular complexity index is 408. The molecule has 0 aliphatic heterocycles. The second-order valence-electron chi connectivity index (χ2n) is 2.61. The molecule has 16 heavy (non-hydrogen) atoms. The molecule has 0 spiro atoms. The number of carbonyl (C=O) groups excluding carboxylic acids is 1. The Labute approximate surface area is 101 Å². The highest BCUT2D eigenvalue weighted by Gasteiger charge is 2.33. The summed E-state index contributed by atoms with van der Waals surface area (Å²) in [6.07, 6.45) is -4.71. The van der Waals surface area contributed by atoms with E-state index in [1.165, 1.54) is 6.07 Å². The van der Waals surface area contributed by atoms with Gasteiger partial charge in [0.25, 0.3) is 0 Å². The molecule has 0 atom stereocenters. The zero-order valence-electron chi connectivity index (χ0n) is 7.52. The number of aldehydes is 1. The highest BCUT2D eigenvalue weighted by atomic mass is 127. The molecule has 0 unspecified atom stereocenters. The van der Waals surface area contributed by atoms with E-state index in [2.05, 4.69) is 9.72 Å². The van der Waals surface area contributed by atoms with Crippen molar-refractivity contribution in [2.24, 2.45) is 0 Å². The Morgan fingerprint density at radius 2 is 2.12 bits per heavy atom. The normalized spacial score (nSPS) is 11.3. The van der Waals surface area contributed by atoms with Gasteiger partial charge in [-0.05, 0) is 28.7 Å².